The lowest BCUT2D eigenvalue weighted by Gasteiger charge is -2.37. The monoisotopic (exact) mass is 471 g/mol. The van der Waals surface area contributed by atoms with Crippen molar-refractivity contribution in [1.82, 2.24) is 4.90 Å². The van der Waals surface area contributed by atoms with Gasteiger partial charge in [0.15, 0.2) is 0 Å². The molecule has 5 rings (SSSR count). The zero-order valence-electron chi connectivity index (χ0n) is 19.9. The number of carboxylic acid groups (broad SMARTS) is 1. The second kappa shape index (κ2) is 10.3. The molecule has 2 aromatic carbocycles. The van der Waals surface area contributed by atoms with Crippen LogP contribution < -0.4 is 0 Å². The molecule has 0 amide bonds. The zero-order chi connectivity index (χ0) is 23.5. The summed E-state index contributed by atoms with van der Waals surface area (Å²) in [6.07, 6.45) is 5.89. The number of rotatable bonds is 6. The van der Waals surface area contributed by atoms with Crippen LogP contribution in [0.25, 0.3) is 16.0 Å². The maximum atomic E-state index is 12.3. The summed E-state index contributed by atoms with van der Waals surface area (Å²) in [6.45, 7) is 5.22. The summed E-state index contributed by atoms with van der Waals surface area (Å²) in [4.78, 5) is 16.4. The van der Waals surface area contributed by atoms with E-state index < -0.39 is 5.97 Å². The van der Waals surface area contributed by atoms with E-state index in [1.165, 1.54) is 53.7 Å². The molecule has 2 heterocycles. The number of hydrogen-bond donors (Lipinski definition) is 1. The van der Waals surface area contributed by atoms with Gasteiger partial charge in [0, 0.05) is 30.1 Å². The number of benzene rings is 2. The molecule has 1 fully saturated rings. The van der Waals surface area contributed by atoms with Crippen LogP contribution in [0, 0.1) is 11.8 Å². The molecule has 0 saturated heterocycles. The third-order valence-electron chi connectivity index (χ3n) is 7.53. The van der Waals surface area contributed by atoms with Crippen LogP contribution in [0.3, 0.4) is 0 Å². The van der Waals surface area contributed by atoms with Crippen molar-refractivity contribution in [3.05, 3.63) is 88.3 Å². The molecule has 4 heteroatoms. The lowest BCUT2D eigenvalue weighted by molar-refractivity contribution is 0.0702. The van der Waals surface area contributed by atoms with Crippen LogP contribution in [-0.4, -0.2) is 29.1 Å². The van der Waals surface area contributed by atoms with E-state index in [2.05, 4.69) is 60.4 Å². The smallest absolute Gasteiger partial charge is 0.346 e. The Labute approximate surface area is 206 Å². The van der Waals surface area contributed by atoms with Gasteiger partial charge in [0.25, 0.3) is 0 Å². The fourth-order valence-electron chi connectivity index (χ4n) is 5.63. The molecule has 0 atom stereocenters. The van der Waals surface area contributed by atoms with Gasteiger partial charge in [-0.2, -0.15) is 0 Å². The Morgan fingerprint density at radius 2 is 1.68 bits per heavy atom. The van der Waals surface area contributed by atoms with Gasteiger partial charge in [0.1, 0.15) is 4.88 Å². The third-order valence-corrected chi connectivity index (χ3v) is 8.70. The van der Waals surface area contributed by atoms with E-state index in [4.69, 9.17) is 0 Å². The molecule has 0 unspecified atom stereocenters. The fourth-order valence-corrected chi connectivity index (χ4v) is 6.66. The highest BCUT2D eigenvalue weighted by molar-refractivity contribution is 7.17. The molecule has 1 N–H and O–H groups in total. The van der Waals surface area contributed by atoms with Crippen molar-refractivity contribution in [2.24, 2.45) is 11.8 Å². The summed E-state index contributed by atoms with van der Waals surface area (Å²) < 4.78 is 0. The van der Waals surface area contributed by atoms with Crippen molar-refractivity contribution in [3.8, 4) is 10.4 Å². The predicted octanol–water partition coefficient (Wildman–Crippen LogP) is 7.60. The standard InChI is InChI=1S/C30H33NO2S/c1-21-12-14-23(15-13-21)27-20-31(19-22-8-4-2-5-9-22)17-16-25(27)26-18-28(34-29(26)30(32)33)24-10-6-3-7-11-24/h2-11,18,21,23H,12-17,19-20H2,1H3,(H,32,33). The third kappa shape index (κ3) is 5.03. The number of carbonyl (C=O) groups is 1. The summed E-state index contributed by atoms with van der Waals surface area (Å²) >= 11 is 1.42. The molecule has 1 aliphatic carbocycles. The largest absolute Gasteiger partial charge is 0.477 e. The summed E-state index contributed by atoms with van der Waals surface area (Å²) in [5.41, 5.74) is 6.20. The lowest BCUT2D eigenvalue weighted by atomic mass is 9.75. The van der Waals surface area contributed by atoms with Crippen molar-refractivity contribution in [2.45, 2.75) is 45.6 Å². The first-order chi connectivity index (χ1) is 16.6. The van der Waals surface area contributed by atoms with Gasteiger partial charge in [-0.15, -0.1) is 11.3 Å². The molecule has 1 aliphatic heterocycles. The first-order valence-corrected chi connectivity index (χ1v) is 13.3. The highest BCUT2D eigenvalue weighted by atomic mass is 32.1. The molecule has 3 nitrogen and oxygen atoms in total. The molecule has 2 aliphatic rings. The van der Waals surface area contributed by atoms with Crippen LogP contribution in [0.4, 0.5) is 0 Å². The highest BCUT2D eigenvalue weighted by Gasteiger charge is 2.31. The van der Waals surface area contributed by atoms with Crippen LogP contribution in [-0.2, 0) is 6.54 Å². The van der Waals surface area contributed by atoms with E-state index in [9.17, 15) is 9.90 Å². The Morgan fingerprint density at radius 1 is 1.00 bits per heavy atom. The second-order valence-corrected chi connectivity index (χ2v) is 11.0. The van der Waals surface area contributed by atoms with Gasteiger partial charge in [-0.25, -0.2) is 4.79 Å². The van der Waals surface area contributed by atoms with Crippen LogP contribution in [0.15, 0.2) is 72.3 Å². The molecule has 3 aromatic rings. The van der Waals surface area contributed by atoms with Crippen molar-refractivity contribution in [1.29, 1.82) is 0 Å². The first-order valence-electron chi connectivity index (χ1n) is 12.5. The van der Waals surface area contributed by atoms with Crippen molar-refractivity contribution < 1.29 is 9.90 Å². The van der Waals surface area contributed by atoms with Crippen molar-refractivity contribution in [3.63, 3.8) is 0 Å². The van der Waals surface area contributed by atoms with Gasteiger partial charge in [0.2, 0.25) is 0 Å². The highest BCUT2D eigenvalue weighted by Crippen LogP contribution is 2.43. The topological polar surface area (TPSA) is 40.5 Å². The molecule has 1 aromatic heterocycles. The molecular weight excluding hydrogens is 438 g/mol. The number of thiophene rings is 1. The molecule has 0 bridgehead atoms. The molecule has 0 spiro atoms. The van der Waals surface area contributed by atoms with E-state index in [0.29, 0.717) is 10.8 Å². The summed E-state index contributed by atoms with van der Waals surface area (Å²) in [7, 11) is 0. The van der Waals surface area contributed by atoms with Gasteiger partial charge in [-0.05, 0) is 59.4 Å². The van der Waals surface area contributed by atoms with Gasteiger partial charge in [-0.1, -0.05) is 80.4 Å². The Bertz CT molecular complexity index is 1160. The van der Waals surface area contributed by atoms with Gasteiger partial charge < -0.3 is 5.11 Å². The van der Waals surface area contributed by atoms with E-state index in [-0.39, 0.29) is 0 Å². The van der Waals surface area contributed by atoms with Crippen LogP contribution >= 0.6 is 11.3 Å². The lowest BCUT2D eigenvalue weighted by Crippen LogP contribution is -2.34. The number of aromatic carboxylic acids is 1. The minimum absolute atomic E-state index is 0.493. The minimum atomic E-state index is -0.807. The molecule has 34 heavy (non-hydrogen) atoms. The summed E-state index contributed by atoms with van der Waals surface area (Å²) in [6, 6.07) is 23.0. The summed E-state index contributed by atoms with van der Waals surface area (Å²) in [5, 5.41) is 10.1. The fraction of sp³-hybridized carbons (Fsp3) is 0.367. The SMILES string of the molecule is CC1CCC(C2=C(c3cc(-c4ccccc4)sc3C(=O)O)CCN(Cc3ccccc3)C2)CC1. The average Bonchev–Trinajstić information content (AvgIpc) is 3.32. The summed E-state index contributed by atoms with van der Waals surface area (Å²) in [5.74, 6) is 0.550. The minimum Gasteiger partial charge on any atom is -0.477 e. The van der Waals surface area contributed by atoms with E-state index in [1.54, 1.807) is 0 Å². The van der Waals surface area contributed by atoms with Gasteiger partial charge in [-0.3, -0.25) is 4.90 Å². The molecule has 176 valence electrons. The van der Waals surface area contributed by atoms with E-state index in [1.807, 2.05) is 18.2 Å². The Balaban J connectivity index is 1.53. The van der Waals surface area contributed by atoms with Crippen LogP contribution in [0.5, 0.6) is 0 Å². The van der Waals surface area contributed by atoms with E-state index in [0.717, 1.165) is 48.0 Å². The Kier molecular flexibility index (Phi) is 6.98. The second-order valence-electron chi connectivity index (χ2n) is 9.93. The van der Waals surface area contributed by atoms with Crippen LogP contribution in [0.2, 0.25) is 0 Å². The molecular formula is C30H33NO2S. The first kappa shape index (κ1) is 23.1. The number of nitrogens with zero attached hydrogens (tertiary/aromatic N) is 1. The normalized spacial score (nSPS) is 21.6. The maximum Gasteiger partial charge on any atom is 0.346 e. The Morgan fingerprint density at radius 3 is 2.35 bits per heavy atom. The molecule has 1 saturated carbocycles. The maximum absolute atomic E-state index is 12.3. The average molecular weight is 472 g/mol. The predicted molar refractivity (Wildman–Crippen MR) is 141 cm³/mol. The number of hydrogen-bond acceptors (Lipinski definition) is 3. The number of carboxylic acids is 1. The van der Waals surface area contributed by atoms with Gasteiger partial charge >= 0.3 is 5.97 Å². The van der Waals surface area contributed by atoms with E-state index >= 15 is 0 Å². The van der Waals surface area contributed by atoms with Gasteiger partial charge in [0.05, 0.1) is 0 Å². The Hall–Kier alpha value is -2.69. The zero-order valence-corrected chi connectivity index (χ0v) is 20.7. The molecule has 0 radical (unpaired) electrons. The van der Waals surface area contributed by atoms with Crippen molar-refractivity contribution in [2.75, 3.05) is 13.1 Å². The van der Waals surface area contributed by atoms with Crippen LogP contribution in [0.1, 0.15) is 59.8 Å². The quantitative estimate of drug-likeness (QED) is 0.402. The van der Waals surface area contributed by atoms with Crippen molar-refractivity contribution >= 4 is 22.9 Å².